The van der Waals surface area contributed by atoms with Crippen molar-refractivity contribution in [2.45, 2.75) is 30.4 Å². The second kappa shape index (κ2) is 5.67. The van der Waals surface area contributed by atoms with Crippen molar-refractivity contribution < 1.29 is 9.90 Å². The van der Waals surface area contributed by atoms with Crippen molar-refractivity contribution in [2.24, 2.45) is 5.73 Å². The molecule has 1 amide bonds. The highest BCUT2D eigenvalue weighted by Crippen LogP contribution is 2.50. The van der Waals surface area contributed by atoms with Gasteiger partial charge in [0, 0.05) is 18.5 Å². The molecule has 6 heteroatoms. The first-order valence-corrected chi connectivity index (χ1v) is 9.87. The third-order valence-corrected chi connectivity index (χ3v) is 7.04. The Hall–Kier alpha value is -2.15. The molecule has 0 radical (unpaired) electrons. The van der Waals surface area contributed by atoms with E-state index in [4.69, 9.17) is 5.73 Å². The molecule has 5 nitrogen and oxygen atoms in total. The number of likely N-dealkylation sites (tertiary alicyclic amines) is 1. The third-order valence-electron chi connectivity index (χ3n) is 6.18. The van der Waals surface area contributed by atoms with Crippen LogP contribution in [0.4, 0.5) is 0 Å². The summed E-state index contributed by atoms with van der Waals surface area (Å²) in [6.45, 7) is 1.26. The Morgan fingerprint density at radius 1 is 1.27 bits per heavy atom. The number of thiophene rings is 1. The minimum atomic E-state index is -0.590. The maximum Gasteiger partial charge on any atom is 0.270 e. The molecule has 1 aliphatic heterocycles. The molecule has 5 rings (SSSR count). The van der Waals surface area contributed by atoms with Gasteiger partial charge in [-0.15, -0.1) is 11.3 Å². The number of fused-ring (bicyclic) bond motifs is 3. The van der Waals surface area contributed by atoms with E-state index in [-0.39, 0.29) is 17.4 Å². The molecule has 0 saturated carbocycles. The van der Waals surface area contributed by atoms with Crippen LogP contribution in [0.1, 0.15) is 40.5 Å². The van der Waals surface area contributed by atoms with E-state index in [0.717, 1.165) is 34.2 Å². The number of aliphatic hydroxyl groups is 1. The van der Waals surface area contributed by atoms with Crippen LogP contribution >= 0.6 is 11.3 Å². The number of nitrogens with one attached hydrogen (secondary N) is 1. The fourth-order valence-corrected chi connectivity index (χ4v) is 5.50. The van der Waals surface area contributed by atoms with Crippen LogP contribution in [0, 0.1) is 0 Å². The van der Waals surface area contributed by atoms with Gasteiger partial charge in [-0.25, -0.2) is 0 Å². The predicted molar refractivity (Wildman–Crippen MR) is 102 cm³/mol. The molecule has 2 aromatic heterocycles. The Morgan fingerprint density at radius 2 is 2.04 bits per heavy atom. The maximum atomic E-state index is 12.9. The minimum absolute atomic E-state index is 0.0355. The Kier molecular flexibility index (Phi) is 3.50. The average molecular weight is 367 g/mol. The van der Waals surface area contributed by atoms with E-state index in [9.17, 15) is 9.90 Å². The van der Waals surface area contributed by atoms with Crippen molar-refractivity contribution in [3.8, 4) is 0 Å². The molecule has 2 aliphatic rings. The van der Waals surface area contributed by atoms with Gasteiger partial charge in [-0.3, -0.25) is 4.79 Å². The van der Waals surface area contributed by atoms with Crippen LogP contribution in [-0.4, -0.2) is 40.1 Å². The molecule has 3 heterocycles. The van der Waals surface area contributed by atoms with Gasteiger partial charge in [-0.1, -0.05) is 24.3 Å². The molecule has 1 aliphatic carbocycles. The van der Waals surface area contributed by atoms with Crippen LogP contribution in [0.2, 0.25) is 0 Å². The molecule has 1 spiro atoms. The predicted octanol–water partition coefficient (Wildman–Crippen LogP) is 2.78. The van der Waals surface area contributed by atoms with Gasteiger partial charge < -0.3 is 20.7 Å². The van der Waals surface area contributed by atoms with Crippen molar-refractivity contribution in [1.82, 2.24) is 9.88 Å². The fourth-order valence-electron chi connectivity index (χ4n) is 4.72. The van der Waals surface area contributed by atoms with Crippen LogP contribution in [0.15, 0.2) is 41.8 Å². The Bertz CT molecular complexity index is 955. The Labute approximate surface area is 155 Å². The first-order valence-electron chi connectivity index (χ1n) is 8.99. The minimum Gasteiger partial charge on any atom is -0.390 e. The molecule has 26 heavy (non-hydrogen) atoms. The topological polar surface area (TPSA) is 82.3 Å². The summed E-state index contributed by atoms with van der Waals surface area (Å²) in [4.78, 5) is 18.0. The van der Waals surface area contributed by atoms with Crippen molar-refractivity contribution in [3.05, 3.63) is 58.6 Å². The number of hydrogen-bond acceptors (Lipinski definition) is 4. The molecule has 0 unspecified atom stereocenters. The van der Waals surface area contributed by atoms with Gasteiger partial charge >= 0.3 is 0 Å². The first-order chi connectivity index (χ1) is 12.6. The quantitative estimate of drug-likeness (QED) is 0.618. The van der Waals surface area contributed by atoms with Gasteiger partial charge in [-0.05, 0) is 41.5 Å². The first kappa shape index (κ1) is 16.1. The highest BCUT2D eigenvalue weighted by molar-refractivity contribution is 7.17. The SMILES string of the molecule is N[C@@H]1c2ccccc2C2(CCN(C(=O)c3cc4sccc4[nH]3)CC2)[C@H]1O. The second-order valence-electron chi connectivity index (χ2n) is 7.39. The van der Waals surface area contributed by atoms with Crippen molar-refractivity contribution >= 4 is 27.5 Å². The van der Waals surface area contributed by atoms with E-state index >= 15 is 0 Å². The summed E-state index contributed by atoms with van der Waals surface area (Å²) in [6, 6.07) is 11.7. The van der Waals surface area contributed by atoms with E-state index < -0.39 is 6.10 Å². The molecular formula is C20H21N3O2S. The van der Waals surface area contributed by atoms with Gasteiger partial charge in [-0.2, -0.15) is 0 Å². The number of H-pyrrole nitrogens is 1. The zero-order valence-corrected chi connectivity index (χ0v) is 15.1. The lowest BCUT2D eigenvalue weighted by molar-refractivity contribution is 0.0260. The van der Waals surface area contributed by atoms with E-state index in [2.05, 4.69) is 11.1 Å². The van der Waals surface area contributed by atoms with Gasteiger partial charge in [0.25, 0.3) is 5.91 Å². The Morgan fingerprint density at radius 3 is 2.81 bits per heavy atom. The Balaban J connectivity index is 1.39. The zero-order chi connectivity index (χ0) is 17.9. The summed E-state index contributed by atoms with van der Waals surface area (Å²) < 4.78 is 1.10. The molecule has 1 aromatic carbocycles. The van der Waals surface area contributed by atoms with Crippen LogP contribution in [0.5, 0.6) is 0 Å². The number of piperidine rings is 1. The third kappa shape index (κ3) is 2.13. The number of carbonyl (C=O) groups excluding carboxylic acids is 1. The molecule has 1 saturated heterocycles. The summed E-state index contributed by atoms with van der Waals surface area (Å²) in [5, 5.41) is 12.9. The summed E-state index contributed by atoms with van der Waals surface area (Å²) in [5.41, 5.74) is 9.81. The van der Waals surface area contributed by atoms with Crippen molar-refractivity contribution in [2.75, 3.05) is 13.1 Å². The highest BCUT2D eigenvalue weighted by atomic mass is 32.1. The van der Waals surface area contributed by atoms with E-state index in [1.807, 2.05) is 40.6 Å². The van der Waals surface area contributed by atoms with Crippen LogP contribution in [0.25, 0.3) is 10.2 Å². The highest BCUT2D eigenvalue weighted by Gasteiger charge is 2.51. The summed E-state index contributed by atoms with van der Waals surface area (Å²) in [6.07, 6.45) is 0.882. The molecule has 2 atom stereocenters. The molecule has 1 fully saturated rings. The van der Waals surface area contributed by atoms with E-state index in [0.29, 0.717) is 18.8 Å². The number of hydrogen-bond donors (Lipinski definition) is 3. The zero-order valence-electron chi connectivity index (χ0n) is 14.3. The number of aromatic amines is 1. The lowest BCUT2D eigenvalue weighted by Gasteiger charge is -2.42. The van der Waals surface area contributed by atoms with Gasteiger partial charge in [0.1, 0.15) is 5.69 Å². The summed E-state index contributed by atoms with van der Waals surface area (Å²) in [7, 11) is 0. The van der Waals surface area contributed by atoms with Gasteiger partial charge in [0.05, 0.1) is 22.4 Å². The van der Waals surface area contributed by atoms with Gasteiger partial charge in [0.2, 0.25) is 0 Å². The fraction of sp³-hybridized carbons (Fsp3) is 0.350. The standard InChI is InChI=1S/C20H21N3O2S/c21-17-12-3-1-2-4-13(12)20(18(17)24)6-8-23(9-7-20)19(25)15-11-16-14(22-15)5-10-26-16/h1-5,10-11,17-18,22,24H,6-9,21H2/t17-,18+/m1/s1. The number of nitrogens with two attached hydrogens (primary N) is 1. The van der Waals surface area contributed by atoms with Crippen molar-refractivity contribution in [1.29, 1.82) is 0 Å². The van der Waals surface area contributed by atoms with E-state index in [1.54, 1.807) is 11.3 Å². The lowest BCUT2D eigenvalue weighted by Crippen LogP contribution is -2.50. The van der Waals surface area contributed by atoms with Crippen molar-refractivity contribution in [3.63, 3.8) is 0 Å². The van der Waals surface area contributed by atoms with Crippen LogP contribution < -0.4 is 5.73 Å². The normalized spacial score (nSPS) is 24.3. The number of amides is 1. The number of carbonyl (C=O) groups is 1. The average Bonchev–Trinajstić information content (AvgIpc) is 3.32. The molecule has 0 bridgehead atoms. The van der Waals surface area contributed by atoms with Crippen LogP contribution in [0.3, 0.4) is 0 Å². The lowest BCUT2D eigenvalue weighted by atomic mass is 9.72. The molecule has 4 N–H and O–H groups in total. The molecule has 134 valence electrons. The molecule has 3 aromatic rings. The number of aromatic nitrogens is 1. The number of aliphatic hydroxyl groups excluding tert-OH is 1. The number of rotatable bonds is 1. The largest absolute Gasteiger partial charge is 0.390 e. The van der Waals surface area contributed by atoms with Gasteiger partial charge in [0.15, 0.2) is 0 Å². The van der Waals surface area contributed by atoms with Crippen LogP contribution in [-0.2, 0) is 5.41 Å². The second-order valence-corrected chi connectivity index (χ2v) is 8.34. The monoisotopic (exact) mass is 367 g/mol. The number of nitrogens with zero attached hydrogens (tertiary/aromatic N) is 1. The summed E-state index contributed by atoms with van der Waals surface area (Å²) >= 11 is 1.63. The maximum absolute atomic E-state index is 12.9. The smallest absolute Gasteiger partial charge is 0.270 e. The number of benzene rings is 1. The van der Waals surface area contributed by atoms with E-state index in [1.165, 1.54) is 0 Å². The summed E-state index contributed by atoms with van der Waals surface area (Å²) in [5.74, 6) is 0.0355. The molecular weight excluding hydrogens is 346 g/mol.